The zero-order chi connectivity index (χ0) is 18.4. The number of pyridine rings is 1. The normalized spacial score (nSPS) is 10.4. The van der Waals surface area contributed by atoms with Crippen molar-refractivity contribution in [3.05, 3.63) is 48.6 Å². The molecule has 0 atom stereocenters. The first kappa shape index (κ1) is 17.4. The predicted molar refractivity (Wildman–Crippen MR) is 94.0 cm³/mol. The summed E-state index contributed by atoms with van der Waals surface area (Å²) in [6.45, 7) is 0. The van der Waals surface area contributed by atoms with Gasteiger partial charge in [-0.25, -0.2) is 0 Å². The molecular formula is C18H18N4O4. The Morgan fingerprint density at radius 3 is 2.62 bits per heavy atom. The maximum atomic E-state index is 12.2. The van der Waals surface area contributed by atoms with Gasteiger partial charge in [-0.2, -0.15) is 4.98 Å². The van der Waals surface area contributed by atoms with Crippen LogP contribution in [0.4, 0.5) is 5.69 Å². The van der Waals surface area contributed by atoms with Crippen molar-refractivity contribution in [2.24, 2.45) is 0 Å². The van der Waals surface area contributed by atoms with Gasteiger partial charge in [-0.1, -0.05) is 5.16 Å². The second kappa shape index (κ2) is 8.11. The van der Waals surface area contributed by atoms with Gasteiger partial charge in [0.1, 0.15) is 11.5 Å². The molecule has 0 radical (unpaired) electrons. The van der Waals surface area contributed by atoms with Gasteiger partial charge in [0.2, 0.25) is 17.6 Å². The van der Waals surface area contributed by atoms with E-state index in [-0.39, 0.29) is 12.3 Å². The second-order valence-corrected chi connectivity index (χ2v) is 5.40. The SMILES string of the molecule is COc1cc(NC(=O)CCc2nc(-c3cccnc3)no2)cc(OC)c1. The van der Waals surface area contributed by atoms with Gasteiger partial charge in [-0.3, -0.25) is 9.78 Å². The number of hydrogen-bond acceptors (Lipinski definition) is 7. The lowest BCUT2D eigenvalue weighted by molar-refractivity contribution is -0.116. The minimum Gasteiger partial charge on any atom is -0.497 e. The molecule has 0 aliphatic heterocycles. The summed E-state index contributed by atoms with van der Waals surface area (Å²) in [5, 5.41) is 6.70. The molecule has 134 valence electrons. The molecule has 0 fully saturated rings. The fourth-order valence-electron chi connectivity index (χ4n) is 2.29. The first-order chi connectivity index (χ1) is 12.7. The van der Waals surface area contributed by atoms with Crippen molar-refractivity contribution in [2.45, 2.75) is 12.8 Å². The van der Waals surface area contributed by atoms with Crippen LogP contribution in [0.25, 0.3) is 11.4 Å². The molecule has 0 aliphatic rings. The van der Waals surface area contributed by atoms with E-state index < -0.39 is 0 Å². The molecular weight excluding hydrogens is 336 g/mol. The van der Waals surface area contributed by atoms with E-state index in [1.54, 1.807) is 50.9 Å². The van der Waals surface area contributed by atoms with Crippen LogP contribution in [0, 0.1) is 0 Å². The van der Waals surface area contributed by atoms with Crippen LogP contribution in [-0.2, 0) is 11.2 Å². The lowest BCUT2D eigenvalue weighted by Gasteiger charge is -2.09. The first-order valence-electron chi connectivity index (χ1n) is 7.94. The second-order valence-electron chi connectivity index (χ2n) is 5.40. The lowest BCUT2D eigenvalue weighted by Crippen LogP contribution is -2.12. The number of anilines is 1. The Morgan fingerprint density at radius 2 is 1.96 bits per heavy atom. The molecule has 1 amide bonds. The van der Waals surface area contributed by atoms with Gasteiger partial charge >= 0.3 is 0 Å². The standard InChI is InChI=1S/C18H18N4O4/c1-24-14-8-13(9-15(10-14)25-2)20-16(23)5-6-17-21-18(22-26-17)12-4-3-7-19-11-12/h3-4,7-11H,5-6H2,1-2H3,(H,20,23). The Balaban J connectivity index is 1.59. The Bertz CT molecular complexity index is 858. The average molecular weight is 354 g/mol. The molecule has 8 nitrogen and oxygen atoms in total. The number of aromatic nitrogens is 3. The lowest BCUT2D eigenvalue weighted by atomic mass is 10.2. The van der Waals surface area contributed by atoms with E-state index in [1.165, 1.54) is 0 Å². The van der Waals surface area contributed by atoms with Gasteiger partial charge in [0, 0.05) is 54.7 Å². The Morgan fingerprint density at radius 1 is 1.19 bits per heavy atom. The van der Waals surface area contributed by atoms with Crippen LogP contribution in [0.15, 0.2) is 47.2 Å². The van der Waals surface area contributed by atoms with Crippen molar-refractivity contribution < 1.29 is 18.8 Å². The molecule has 2 aromatic heterocycles. The van der Waals surface area contributed by atoms with Gasteiger partial charge in [0.25, 0.3) is 0 Å². The van der Waals surface area contributed by atoms with Gasteiger partial charge in [0.15, 0.2) is 0 Å². The molecule has 0 aliphatic carbocycles. The van der Waals surface area contributed by atoms with Crippen LogP contribution < -0.4 is 14.8 Å². The number of carbonyl (C=O) groups is 1. The number of methoxy groups -OCH3 is 2. The smallest absolute Gasteiger partial charge is 0.227 e. The number of nitrogens with one attached hydrogen (secondary N) is 1. The molecule has 1 N–H and O–H groups in total. The predicted octanol–water partition coefficient (Wildman–Crippen LogP) is 2.72. The summed E-state index contributed by atoms with van der Waals surface area (Å²) in [6.07, 6.45) is 3.86. The Kier molecular flexibility index (Phi) is 5.43. The number of carbonyl (C=O) groups excluding carboxylic acids is 1. The summed E-state index contributed by atoms with van der Waals surface area (Å²) in [5.74, 6) is 1.85. The minimum absolute atomic E-state index is 0.179. The van der Waals surface area contributed by atoms with Gasteiger partial charge in [-0.05, 0) is 12.1 Å². The summed E-state index contributed by atoms with van der Waals surface area (Å²) in [7, 11) is 3.10. The van der Waals surface area contributed by atoms with Gasteiger partial charge in [-0.15, -0.1) is 0 Å². The van der Waals surface area contributed by atoms with Crippen molar-refractivity contribution in [3.63, 3.8) is 0 Å². The van der Waals surface area contributed by atoms with E-state index in [0.717, 1.165) is 5.56 Å². The largest absolute Gasteiger partial charge is 0.497 e. The molecule has 3 aromatic rings. The minimum atomic E-state index is -0.179. The molecule has 0 saturated carbocycles. The highest BCUT2D eigenvalue weighted by molar-refractivity contribution is 5.91. The fourth-order valence-corrected chi connectivity index (χ4v) is 2.29. The maximum Gasteiger partial charge on any atom is 0.227 e. The molecule has 26 heavy (non-hydrogen) atoms. The summed E-state index contributed by atoms with van der Waals surface area (Å²) in [4.78, 5) is 20.5. The first-order valence-corrected chi connectivity index (χ1v) is 7.94. The molecule has 0 unspecified atom stereocenters. The number of aryl methyl sites for hydroxylation is 1. The van der Waals surface area contributed by atoms with Crippen LogP contribution in [0.3, 0.4) is 0 Å². The van der Waals surface area contributed by atoms with E-state index in [2.05, 4.69) is 20.4 Å². The van der Waals surface area contributed by atoms with E-state index in [9.17, 15) is 4.79 Å². The van der Waals surface area contributed by atoms with Gasteiger partial charge < -0.3 is 19.3 Å². The van der Waals surface area contributed by atoms with E-state index in [4.69, 9.17) is 14.0 Å². The van der Waals surface area contributed by atoms with Crippen LogP contribution in [0.2, 0.25) is 0 Å². The molecule has 1 aromatic carbocycles. The van der Waals surface area contributed by atoms with Gasteiger partial charge in [0.05, 0.1) is 14.2 Å². The Hall–Kier alpha value is -3.42. The quantitative estimate of drug-likeness (QED) is 0.696. The molecule has 0 spiro atoms. The number of nitrogens with zero attached hydrogens (tertiary/aromatic N) is 3. The fraction of sp³-hybridized carbons (Fsp3) is 0.222. The monoisotopic (exact) mass is 354 g/mol. The molecule has 0 bridgehead atoms. The highest BCUT2D eigenvalue weighted by Gasteiger charge is 2.12. The maximum absolute atomic E-state index is 12.2. The number of ether oxygens (including phenoxy) is 2. The highest BCUT2D eigenvalue weighted by atomic mass is 16.5. The van der Waals surface area contributed by atoms with Crippen LogP contribution in [0.1, 0.15) is 12.3 Å². The zero-order valence-electron chi connectivity index (χ0n) is 14.4. The number of hydrogen-bond donors (Lipinski definition) is 1. The number of benzene rings is 1. The third kappa shape index (κ3) is 4.35. The number of amides is 1. The summed E-state index contributed by atoms with van der Waals surface area (Å²) in [5.41, 5.74) is 1.35. The molecule has 0 saturated heterocycles. The highest BCUT2D eigenvalue weighted by Crippen LogP contribution is 2.26. The topological polar surface area (TPSA) is 99.4 Å². The van der Waals surface area contributed by atoms with E-state index in [1.807, 2.05) is 6.07 Å². The van der Waals surface area contributed by atoms with Crippen LogP contribution >= 0.6 is 0 Å². The van der Waals surface area contributed by atoms with Crippen molar-refractivity contribution in [3.8, 4) is 22.9 Å². The number of rotatable bonds is 7. The summed E-state index contributed by atoms with van der Waals surface area (Å²) in [6, 6.07) is 8.79. The third-order valence-corrected chi connectivity index (χ3v) is 3.59. The summed E-state index contributed by atoms with van der Waals surface area (Å²) >= 11 is 0. The molecule has 3 rings (SSSR count). The van der Waals surface area contributed by atoms with Crippen molar-refractivity contribution >= 4 is 11.6 Å². The van der Waals surface area contributed by atoms with E-state index >= 15 is 0 Å². The zero-order valence-corrected chi connectivity index (χ0v) is 14.4. The average Bonchev–Trinajstić information content (AvgIpc) is 3.16. The molecule has 2 heterocycles. The van der Waals surface area contributed by atoms with Crippen LogP contribution in [0.5, 0.6) is 11.5 Å². The third-order valence-electron chi connectivity index (χ3n) is 3.59. The Labute approximate surface area is 150 Å². The van der Waals surface area contributed by atoms with Crippen molar-refractivity contribution in [1.82, 2.24) is 15.1 Å². The van der Waals surface area contributed by atoms with Crippen molar-refractivity contribution in [2.75, 3.05) is 19.5 Å². The summed E-state index contributed by atoms with van der Waals surface area (Å²) < 4.78 is 15.6. The van der Waals surface area contributed by atoms with Crippen LogP contribution in [-0.4, -0.2) is 35.3 Å². The van der Waals surface area contributed by atoms with E-state index in [0.29, 0.717) is 35.3 Å². The van der Waals surface area contributed by atoms with Crippen molar-refractivity contribution in [1.29, 1.82) is 0 Å². The molecule has 8 heteroatoms.